The summed E-state index contributed by atoms with van der Waals surface area (Å²) in [6.45, 7) is 1.93. The van der Waals surface area contributed by atoms with Gasteiger partial charge in [0.2, 0.25) is 0 Å². The van der Waals surface area contributed by atoms with E-state index in [2.05, 4.69) is 21.0 Å². The lowest BCUT2D eigenvalue weighted by atomic mass is 10.2. The fraction of sp³-hybridized carbons (Fsp3) is 0.200. The molecule has 0 saturated heterocycles. The fourth-order valence-electron chi connectivity index (χ4n) is 1.49. The molecule has 5 heteroatoms. The van der Waals surface area contributed by atoms with Crippen molar-refractivity contribution in [2.24, 2.45) is 10.8 Å². The van der Waals surface area contributed by atoms with E-state index in [4.69, 9.17) is 5.73 Å². The minimum Gasteiger partial charge on any atom is -0.385 e. The third-order valence-electron chi connectivity index (χ3n) is 2.18. The number of halogens is 1. The number of hydrogen-bond donors (Lipinski definition) is 1. The third-order valence-corrected chi connectivity index (χ3v) is 2.68. The molecular formula is C10H10BrN3O. The van der Waals surface area contributed by atoms with E-state index >= 15 is 0 Å². The molecule has 1 aromatic carbocycles. The second-order valence-electron chi connectivity index (χ2n) is 3.40. The van der Waals surface area contributed by atoms with E-state index in [-0.39, 0.29) is 12.3 Å². The summed E-state index contributed by atoms with van der Waals surface area (Å²) in [5, 5.41) is 5.35. The van der Waals surface area contributed by atoms with Crippen LogP contribution in [0.5, 0.6) is 0 Å². The molecule has 2 rings (SSSR count). The largest absolute Gasteiger partial charge is 0.385 e. The van der Waals surface area contributed by atoms with Gasteiger partial charge in [-0.25, -0.2) is 0 Å². The molecule has 0 bridgehead atoms. The average Bonchev–Trinajstić information content (AvgIpc) is 2.45. The summed E-state index contributed by atoms with van der Waals surface area (Å²) < 4.78 is 0.979. The number of aryl methyl sites for hydroxylation is 1. The monoisotopic (exact) mass is 267 g/mol. The molecule has 0 aliphatic carbocycles. The van der Waals surface area contributed by atoms with Gasteiger partial charge in [0.15, 0.2) is 0 Å². The van der Waals surface area contributed by atoms with E-state index in [1.54, 1.807) is 0 Å². The standard InChI is InChI=1S/C10H10BrN3O/c1-6-4-7(11)2-3-8(6)14-10(15)5-9(12)13-14/h2-4H,5H2,1H3,(H2,12,13). The first-order chi connectivity index (χ1) is 7.08. The molecule has 0 aromatic heterocycles. The van der Waals surface area contributed by atoms with Gasteiger partial charge in [0.25, 0.3) is 5.91 Å². The van der Waals surface area contributed by atoms with Crippen LogP contribution in [0.4, 0.5) is 5.69 Å². The zero-order valence-electron chi connectivity index (χ0n) is 8.20. The lowest BCUT2D eigenvalue weighted by molar-refractivity contribution is -0.116. The first-order valence-electron chi connectivity index (χ1n) is 4.50. The molecule has 1 aliphatic heterocycles. The van der Waals surface area contributed by atoms with Gasteiger partial charge in [-0.2, -0.15) is 10.1 Å². The highest BCUT2D eigenvalue weighted by molar-refractivity contribution is 9.10. The molecular weight excluding hydrogens is 258 g/mol. The van der Waals surface area contributed by atoms with Crippen molar-refractivity contribution in [3.63, 3.8) is 0 Å². The summed E-state index contributed by atoms with van der Waals surface area (Å²) in [4.78, 5) is 11.5. The van der Waals surface area contributed by atoms with E-state index in [0.717, 1.165) is 15.7 Å². The first kappa shape index (κ1) is 10.2. The number of hydrazone groups is 1. The van der Waals surface area contributed by atoms with Gasteiger partial charge in [0.05, 0.1) is 12.1 Å². The number of hydrogen-bond acceptors (Lipinski definition) is 3. The van der Waals surface area contributed by atoms with Crippen molar-refractivity contribution in [2.45, 2.75) is 13.3 Å². The normalized spacial score (nSPS) is 15.7. The molecule has 1 amide bonds. The quantitative estimate of drug-likeness (QED) is 0.843. The molecule has 0 saturated carbocycles. The Morgan fingerprint density at radius 3 is 2.80 bits per heavy atom. The van der Waals surface area contributed by atoms with Crippen LogP contribution in [0.1, 0.15) is 12.0 Å². The van der Waals surface area contributed by atoms with E-state index in [1.165, 1.54) is 5.01 Å². The molecule has 1 aromatic rings. The molecule has 15 heavy (non-hydrogen) atoms. The van der Waals surface area contributed by atoms with Gasteiger partial charge in [-0.3, -0.25) is 4.79 Å². The lowest BCUT2D eigenvalue weighted by Crippen LogP contribution is -2.20. The van der Waals surface area contributed by atoms with Crippen LogP contribution in [0.25, 0.3) is 0 Å². The highest BCUT2D eigenvalue weighted by atomic mass is 79.9. The van der Waals surface area contributed by atoms with Gasteiger partial charge >= 0.3 is 0 Å². The van der Waals surface area contributed by atoms with Crippen molar-refractivity contribution in [1.82, 2.24) is 0 Å². The molecule has 0 fully saturated rings. The molecule has 1 heterocycles. The number of carbonyl (C=O) groups excluding carboxylic acids is 1. The minimum atomic E-state index is -0.0853. The fourth-order valence-corrected chi connectivity index (χ4v) is 1.97. The van der Waals surface area contributed by atoms with Gasteiger partial charge < -0.3 is 5.73 Å². The van der Waals surface area contributed by atoms with E-state index < -0.39 is 0 Å². The second-order valence-corrected chi connectivity index (χ2v) is 4.32. The Labute approximate surface area is 95.9 Å². The van der Waals surface area contributed by atoms with Crippen LogP contribution in [0.2, 0.25) is 0 Å². The smallest absolute Gasteiger partial charge is 0.255 e. The molecule has 1 aliphatic rings. The summed E-state index contributed by atoms with van der Waals surface area (Å²) in [5.41, 5.74) is 7.27. The zero-order chi connectivity index (χ0) is 11.0. The number of carbonyl (C=O) groups is 1. The van der Waals surface area contributed by atoms with Crippen molar-refractivity contribution in [2.75, 3.05) is 5.01 Å². The van der Waals surface area contributed by atoms with E-state index in [1.807, 2.05) is 25.1 Å². The Kier molecular flexibility index (Phi) is 2.48. The van der Waals surface area contributed by atoms with Crippen LogP contribution in [0.15, 0.2) is 27.8 Å². The lowest BCUT2D eigenvalue weighted by Gasteiger charge is -2.14. The summed E-state index contributed by atoms with van der Waals surface area (Å²) in [5.74, 6) is 0.278. The van der Waals surface area contributed by atoms with Crippen molar-refractivity contribution < 1.29 is 4.79 Å². The number of amides is 1. The topological polar surface area (TPSA) is 58.7 Å². The van der Waals surface area contributed by atoms with Gasteiger partial charge in [0.1, 0.15) is 5.84 Å². The van der Waals surface area contributed by atoms with Gasteiger partial charge in [-0.15, -0.1) is 0 Å². The number of nitrogens with two attached hydrogens (primary N) is 1. The maximum absolute atomic E-state index is 11.5. The molecule has 4 nitrogen and oxygen atoms in total. The van der Waals surface area contributed by atoms with Crippen LogP contribution in [-0.2, 0) is 4.79 Å². The zero-order valence-corrected chi connectivity index (χ0v) is 9.78. The Hall–Kier alpha value is -1.36. The summed E-state index contributed by atoms with van der Waals surface area (Å²) in [7, 11) is 0. The Morgan fingerprint density at radius 1 is 1.53 bits per heavy atom. The highest BCUT2D eigenvalue weighted by Crippen LogP contribution is 2.26. The molecule has 78 valence electrons. The Morgan fingerprint density at radius 2 is 2.27 bits per heavy atom. The average molecular weight is 268 g/mol. The van der Waals surface area contributed by atoms with E-state index in [0.29, 0.717) is 5.84 Å². The van der Waals surface area contributed by atoms with Gasteiger partial charge in [0, 0.05) is 4.47 Å². The molecule has 0 unspecified atom stereocenters. The maximum Gasteiger partial charge on any atom is 0.255 e. The number of amidine groups is 1. The predicted octanol–water partition coefficient (Wildman–Crippen LogP) is 1.77. The van der Waals surface area contributed by atoms with Crippen molar-refractivity contribution in [1.29, 1.82) is 0 Å². The third kappa shape index (κ3) is 1.87. The number of anilines is 1. The van der Waals surface area contributed by atoms with Gasteiger partial charge in [-0.05, 0) is 30.7 Å². The number of nitrogens with zero attached hydrogens (tertiary/aromatic N) is 2. The Bertz CT molecular complexity index is 456. The van der Waals surface area contributed by atoms with Crippen LogP contribution >= 0.6 is 15.9 Å². The molecule has 0 spiro atoms. The van der Waals surface area contributed by atoms with Crippen LogP contribution in [0, 0.1) is 6.92 Å². The maximum atomic E-state index is 11.5. The van der Waals surface area contributed by atoms with Crippen molar-refractivity contribution in [3.8, 4) is 0 Å². The summed E-state index contributed by atoms with van der Waals surface area (Å²) >= 11 is 3.37. The van der Waals surface area contributed by atoms with Crippen molar-refractivity contribution in [3.05, 3.63) is 28.2 Å². The SMILES string of the molecule is Cc1cc(Br)ccc1N1N=C(N)CC1=O. The van der Waals surface area contributed by atoms with Crippen molar-refractivity contribution >= 4 is 33.4 Å². The summed E-state index contributed by atoms with van der Waals surface area (Å²) in [6.07, 6.45) is 0.204. The summed E-state index contributed by atoms with van der Waals surface area (Å²) in [6, 6.07) is 5.66. The molecule has 0 atom stereocenters. The van der Waals surface area contributed by atoms with Crippen LogP contribution in [0.3, 0.4) is 0 Å². The highest BCUT2D eigenvalue weighted by Gasteiger charge is 2.24. The van der Waals surface area contributed by atoms with Crippen LogP contribution < -0.4 is 10.7 Å². The minimum absolute atomic E-state index is 0.0853. The molecule has 2 N–H and O–H groups in total. The molecule has 0 radical (unpaired) electrons. The van der Waals surface area contributed by atoms with E-state index in [9.17, 15) is 4.79 Å². The number of rotatable bonds is 1. The Balaban J connectivity index is 2.42. The van der Waals surface area contributed by atoms with Gasteiger partial charge in [-0.1, -0.05) is 15.9 Å². The first-order valence-corrected chi connectivity index (χ1v) is 5.29. The second kappa shape index (κ2) is 3.66. The predicted molar refractivity (Wildman–Crippen MR) is 62.6 cm³/mol. The van der Waals surface area contributed by atoms with Crippen LogP contribution in [-0.4, -0.2) is 11.7 Å². The number of benzene rings is 1.